The first kappa shape index (κ1) is 31.4. The van der Waals surface area contributed by atoms with E-state index in [4.69, 9.17) is 23.1 Å². The number of nitrogens with zero attached hydrogens (tertiary/aromatic N) is 5. The van der Waals surface area contributed by atoms with E-state index in [1.165, 1.54) is 11.8 Å². The molecule has 3 saturated heterocycles. The van der Waals surface area contributed by atoms with Crippen molar-refractivity contribution in [1.29, 1.82) is 0 Å². The van der Waals surface area contributed by atoms with Crippen molar-refractivity contribution in [1.82, 2.24) is 25.6 Å². The molecule has 3 fully saturated rings. The van der Waals surface area contributed by atoms with Gasteiger partial charge in [-0.25, -0.2) is 9.97 Å². The van der Waals surface area contributed by atoms with E-state index in [1.54, 1.807) is 18.5 Å². The maximum absolute atomic E-state index is 12.4. The fourth-order valence-electron chi connectivity index (χ4n) is 6.34. The number of carbonyl (C=O) groups excluding carboxylic acids is 2. The van der Waals surface area contributed by atoms with Gasteiger partial charge in [-0.05, 0) is 75.3 Å². The third-order valence-electron chi connectivity index (χ3n) is 9.33. The smallest absolute Gasteiger partial charge is 0.234 e. The number of nitrogen functional groups attached to an aromatic ring is 2. The predicted octanol–water partition coefficient (Wildman–Crippen LogP) is 4.23. The Kier molecular flexibility index (Phi) is 9.34. The number of imide groups is 1. The van der Waals surface area contributed by atoms with Crippen LogP contribution in [0.4, 0.5) is 23.0 Å². The lowest BCUT2D eigenvalue weighted by Crippen LogP contribution is -2.53. The van der Waals surface area contributed by atoms with Crippen LogP contribution >= 0.6 is 23.4 Å². The van der Waals surface area contributed by atoms with Crippen LogP contribution in [0.2, 0.25) is 5.02 Å². The monoisotopic (exact) mass is 649 g/mol. The molecule has 11 nitrogen and oxygen atoms in total. The van der Waals surface area contributed by atoms with Crippen LogP contribution in [0.15, 0.2) is 52.8 Å². The fourth-order valence-corrected chi connectivity index (χ4v) is 7.40. The molecule has 13 heteroatoms. The molecule has 0 radical (unpaired) electrons. The van der Waals surface area contributed by atoms with E-state index in [0.717, 1.165) is 80.4 Å². The summed E-state index contributed by atoms with van der Waals surface area (Å²) in [5.41, 5.74) is 14.7. The van der Waals surface area contributed by atoms with E-state index >= 15 is 0 Å². The van der Waals surface area contributed by atoms with Crippen molar-refractivity contribution in [2.45, 2.75) is 66.8 Å². The van der Waals surface area contributed by atoms with Gasteiger partial charge in [0.15, 0.2) is 5.82 Å². The lowest BCUT2D eigenvalue weighted by atomic mass is 9.87. The van der Waals surface area contributed by atoms with Crippen molar-refractivity contribution >= 4 is 58.2 Å². The van der Waals surface area contributed by atoms with Crippen LogP contribution in [0.1, 0.15) is 56.9 Å². The Labute approximate surface area is 272 Å². The number of amides is 2. The zero-order chi connectivity index (χ0) is 31.6. The van der Waals surface area contributed by atoms with Gasteiger partial charge in [-0.2, -0.15) is 0 Å². The van der Waals surface area contributed by atoms with Gasteiger partial charge in [-0.15, -0.1) is 0 Å². The molecule has 6 N–H and O–H groups in total. The van der Waals surface area contributed by atoms with Crippen LogP contribution in [0.25, 0.3) is 0 Å². The number of rotatable bonds is 8. The molecule has 3 aliphatic rings. The molecular weight excluding hydrogens is 610 g/mol. The van der Waals surface area contributed by atoms with Gasteiger partial charge in [0.2, 0.25) is 11.8 Å². The quantitative estimate of drug-likeness (QED) is 0.205. The number of benzene rings is 1. The molecule has 1 unspecified atom stereocenters. The van der Waals surface area contributed by atoms with Crippen LogP contribution in [0.3, 0.4) is 0 Å². The summed E-state index contributed by atoms with van der Waals surface area (Å²) in [5, 5.41) is 7.46. The van der Waals surface area contributed by atoms with Crippen molar-refractivity contribution in [3.63, 3.8) is 0 Å². The summed E-state index contributed by atoms with van der Waals surface area (Å²) in [6.45, 7) is 6.97. The molecule has 45 heavy (non-hydrogen) atoms. The normalized spacial score (nSPS) is 20.7. The Hall–Kier alpha value is -3.61. The highest BCUT2D eigenvalue weighted by atomic mass is 35.5. The summed E-state index contributed by atoms with van der Waals surface area (Å²) in [7, 11) is 0. The average molecular weight is 650 g/mol. The highest BCUT2D eigenvalue weighted by Gasteiger charge is 2.32. The second kappa shape index (κ2) is 13.4. The zero-order valence-corrected chi connectivity index (χ0v) is 27.0. The Balaban J connectivity index is 0.966. The molecule has 5 heterocycles. The second-order valence-corrected chi connectivity index (χ2v) is 13.9. The predicted molar refractivity (Wildman–Crippen MR) is 179 cm³/mol. The van der Waals surface area contributed by atoms with E-state index in [0.29, 0.717) is 40.3 Å². The first-order valence-electron chi connectivity index (χ1n) is 15.6. The minimum absolute atomic E-state index is 0.0621. The summed E-state index contributed by atoms with van der Waals surface area (Å²) in [5.74, 6) is 1.04. The number of aromatic nitrogens is 3. The Bertz CT molecular complexity index is 1560. The molecule has 2 aromatic heterocycles. The van der Waals surface area contributed by atoms with Gasteiger partial charge in [0.1, 0.15) is 10.8 Å². The van der Waals surface area contributed by atoms with Gasteiger partial charge >= 0.3 is 0 Å². The lowest BCUT2D eigenvalue weighted by molar-refractivity contribution is -0.134. The number of nitrogens with two attached hydrogens (primary N) is 2. The zero-order valence-electron chi connectivity index (χ0n) is 25.5. The molecular formula is C32H40ClN9O2S. The largest absolute Gasteiger partial charge is 0.397 e. The van der Waals surface area contributed by atoms with Crippen LogP contribution in [0.5, 0.6) is 0 Å². The Morgan fingerprint density at radius 1 is 1.07 bits per heavy atom. The van der Waals surface area contributed by atoms with Crippen LogP contribution in [0, 0.1) is 5.92 Å². The van der Waals surface area contributed by atoms with Crippen LogP contribution in [-0.4, -0.2) is 65.0 Å². The molecule has 2 amide bonds. The summed E-state index contributed by atoms with van der Waals surface area (Å²) >= 11 is 7.71. The van der Waals surface area contributed by atoms with E-state index < -0.39 is 0 Å². The number of carbonyl (C=O) groups is 2. The number of hydrogen-bond donors (Lipinski definition) is 4. The molecule has 0 aliphatic carbocycles. The van der Waals surface area contributed by atoms with Gasteiger partial charge < -0.3 is 26.6 Å². The van der Waals surface area contributed by atoms with E-state index in [2.05, 4.69) is 48.4 Å². The van der Waals surface area contributed by atoms with Crippen molar-refractivity contribution < 1.29 is 9.59 Å². The molecule has 1 atom stereocenters. The van der Waals surface area contributed by atoms with Crippen LogP contribution in [-0.2, 0) is 9.59 Å². The molecule has 0 spiro atoms. The standard InChI is InChI=1S/C32H40ClN9O2S/c1-32(9-13-42(14-10-32)26-19-37-31(29(35)39-26)45-25-4-2-3-24(34)28(25)33)38-16-20-7-11-41(12-8-20)22-15-21(17-36-18-22)23-5-6-27(43)40-30(23)44/h2-4,15,17-20,23,38H,5-14,16,34H2,1H3,(H2,35,39)(H,40,43,44). The molecule has 0 bridgehead atoms. The van der Waals surface area contributed by atoms with Gasteiger partial charge in [0.05, 0.1) is 34.7 Å². The highest BCUT2D eigenvalue weighted by Crippen LogP contribution is 2.38. The number of nitrogens with one attached hydrogen (secondary N) is 2. The molecule has 1 aromatic carbocycles. The maximum Gasteiger partial charge on any atom is 0.234 e. The van der Waals surface area contributed by atoms with E-state index in [-0.39, 0.29) is 23.3 Å². The van der Waals surface area contributed by atoms with Crippen molar-refractivity contribution in [2.75, 3.05) is 54.0 Å². The molecule has 6 rings (SSSR count). The van der Waals surface area contributed by atoms with Crippen molar-refractivity contribution in [2.24, 2.45) is 5.92 Å². The number of pyridine rings is 1. The first-order valence-corrected chi connectivity index (χ1v) is 16.7. The number of piperidine rings is 3. The van der Waals surface area contributed by atoms with E-state index in [1.807, 2.05) is 18.3 Å². The molecule has 0 saturated carbocycles. The van der Waals surface area contributed by atoms with Gasteiger partial charge in [-0.1, -0.05) is 29.4 Å². The Morgan fingerprint density at radius 3 is 2.58 bits per heavy atom. The fraction of sp³-hybridized carbons (Fsp3) is 0.469. The molecule has 3 aliphatic heterocycles. The van der Waals surface area contributed by atoms with Crippen LogP contribution < -0.4 is 31.9 Å². The third-order valence-corrected chi connectivity index (χ3v) is 10.9. The minimum Gasteiger partial charge on any atom is -0.397 e. The number of anilines is 4. The molecule has 3 aromatic rings. The van der Waals surface area contributed by atoms with E-state index in [9.17, 15) is 9.59 Å². The summed E-state index contributed by atoms with van der Waals surface area (Å²) in [6, 6.07) is 7.58. The average Bonchev–Trinajstić information content (AvgIpc) is 3.04. The minimum atomic E-state index is -0.314. The van der Waals surface area contributed by atoms with Gasteiger partial charge in [0, 0.05) is 49.2 Å². The Morgan fingerprint density at radius 2 is 1.84 bits per heavy atom. The number of hydrogen-bond acceptors (Lipinski definition) is 11. The lowest BCUT2D eigenvalue weighted by Gasteiger charge is -2.42. The second-order valence-electron chi connectivity index (χ2n) is 12.5. The van der Waals surface area contributed by atoms with Crippen molar-refractivity contribution in [3.05, 3.63) is 53.4 Å². The van der Waals surface area contributed by atoms with Gasteiger partial charge in [0.25, 0.3) is 0 Å². The third kappa shape index (κ3) is 7.29. The first-order chi connectivity index (χ1) is 21.7. The van der Waals surface area contributed by atoms with Crippen molar-refractivity contribution in [3.8, 4) is 0 Å². The maximum atomic E-state index is 12.4. The van der Waals surface area contributed by atoms with Gasteiger partial charge in [-0.3, -0.25) is 19.9 Å². The summed E-state index contributed by atoms with van der Waals surface area (Å²) < 4.78 is 0. The summed E-state index contributed by atoms with van der Waals surface area (Å²) in [4.78, 5) is 43.0. The highest BCUT2D eigenvalue weighted by molar-refractivity contribution is 7.99. The molecule has 238 valence electrons. The number of halogens is 1. The summed E-state index contributed by atoms with van der Waals surface area (Å²) in [6.07, 6.45) is 10.5. The topological polar surface area (TPSA) is 155 Å². The SMILES string of the molecule is CC1(NCC2CCN(c3cncc(C4CCC(=O)NC4=O)c3)CC2)CCN(c2cnc(Sc3cccc(N)c3Cl)c(N)n2)CC1.